The topological polar surface area (TPSA) is 35.5 Å². The maximum Gasteiger partial charge on any atom is 0.333 e. The fourth-order valence-corrected chi connectivity index (χ4v) is 3.07. The third-order valence-electron chi connectivity index (χ3n) is 4.39. The van der Waals surface area contributed by atoms with Gasteiger partial charge < -0.3 is 9.47 Å². The van der Waals surface area contributed by atoms with Gasteiger partial charge in [-0.25, -0.2) is 4.79 Å². The summed E-state index contributed by atoms with van der Waals surface area (Å²) in [6, 6.07) is 17.0. The van der Waals surface area contributed by atoms with E-state index in [2.05, 4.69) is 49.9 Å². The predicted octanol–water partition coefficient (Wildman–Crippen LogP) is 5.33. The summed E-state index contributed by atoms with van der Waals surface area (Å²) in [6.07, 6.45) is -0.317. The number of benzene rings is 3. The van der Waals surface area contributed by atoms with Crippen molar-refractivity contribution in [2.45, 2.75) is 33.5 Å². The molecule has 0 aliphatic carbocycles. The lowest BCUT2D eigenvalue weighted by Gasteiger charge is -2.16. The zero-order chi connectivity index (χ0) is 18.7. The van der Waals surface area contributed by atoms with Crippen molar-refractivity contribution in [3.8, 4) is 0 Å². The number of ether oxygens (including phenoxy) is 2. The first-order chi connectivity index (χ1) is 12.5. The Morgan fingerprint density at radius 2 is 1.81 bits per heavy atom. The Hall–Kier alpha value is -2.65. The number of esters is 1. The van der Waals surface area contributed by atoms with Gasteiger partial charge in [0.25, 0.3) is 0 Å². The van der Waals surface area contributed by atoms with Gasteiger partial charge in [-0.3, -0.25) is 0 Å². The van der Waals surface area contributed by atoms with Crippen molar-refractivity contribution in [1.82, 2.24) is 0 Å². The summed E-state index contributed by atoms with van der Waals surface area (Å²) in [5, 5.41) is 4.80. The first-order valence-electron chi connectivity index (χ1n) is 8.81. The first-order valence-corrected chi connectivity index (χ1v) is 8.81. The maximum absolute atomic E-state index is 11.6. The van der Waals surface area contributed by atoms with E-state index in [-0.39, 0.29) is 12.1 Å². The van der Waals surface area contributed by atoms with E-state index in [9.17, 15) is 4.79 Å². The van der Waals surface area contributed by atoms with Gasteiger partial charge in [-0.15, -0.1) is 0 Å². The van der Waals surface area contributed by atoms with Crippen molar-refractivity contribution >= 4 is 27.5 Å². The molecule has 0 aromatic heterocycles. The number of aryl methyl sites for hydroxylation is 1. The van der Waals surface area contributed by atoms with E-state index in [1.54, 1.807) is 6.92 Å². The minimum absolute atomic E-state index is 0.317. The van der Waals surface area contributed by atoms with Crippen LogP contribution in [0, 0.1) is 6.92 Å². The standard InChI is InChI=1S/C23H24O3/c1-15(2)23(24)26-17(4)13-25-14-22-20-8-6-5-7-18(20)12-19-10-9-16(3)11-21(19)22/h5-12,17H,1,13-14H2,2-4H3. The number of rotatable bonds is 6. The second kappa shape index (κ2) is 7.71. The third-order valence-corrected chi connectivity index (χ3v) is 4.39. The molecule has 0 aliphatic rings. The highest BCUT2D eigenvalue weighted by Gasteiger charge is 2.12. The highest BCUT2D eigenvalue weighted by atomic mass is 16.6. The fourth-order valence-electron chi connectivity index (χ4n) is 3.07. The molecule has 26 heavy (non-hydrogen) atoms. The van der Waals surface area contributed by atoms with E-state index >= 15 is 0 Å². The average molecular weight is 348 g/mol. The van der Waals surface area contributed by atoms with Gasteiger partial charge in [-0.05, 0) is 53.9 Å². The monoisotopic (exact) mass is 348 g/mol. The summed E-state index contributed by atoms with van der Waals surface area (Å²) in [7, 11) is 0. The van der Waals surface area contributed by atoms with E-state index in [0.717, 1.165) is 0 Å². The molecule has 3 nitrogen and oxygen atoms in total. The molecule has 0 fully saturated rings. The maximum atomic E-state index is 11.6. The number of hydrogen-bond acceptors (Lipinski definition) is 3. The molecule has 0 N–H and O–H groups in total. The van der Waals surface area contributed by atoms with Crippen molar-refractivity contribution < 1.29 is 14.3 Å². The Bertz CT molecular complexity index is 972. The molecule has 1 unspecified atom stereocenters. The normalized spacial score (nSPS) is 12.3. The van der Waals surface area contributed by atoms with Gasteiger partial charge in [-0.1, -0.05) is 54.6 Å². The van der Waals surface area contributed by atoms with Crippen LogP contribution in [0.3, 0.4) is 0 Å². The zero-order valence-electron chi connectivity index (χ0n) is 15.5. The van der Waals surface area contributed by atoms with Crippen LogP contribution >= 0.6 is 0 Å². The molecular formula is C23H24O3. The van der Waals surface area contributed by atoms with Crippen molar-refractivity contribution in [1.29, 1.82) is 0 Å². The largest absolute Gasteiger partial charge is 0.457 e. The van der Waals surface area contributed by atoms with E-state index in [1.165, 1.54) is 32.7 Å². The molecule has 0 spiro atoms. The van der Waals surface area contributed by atoms with Crippen LogP contribution in [-0.2, 0) is 20.9 Å². The Balaban J connectivity index is 1.84. The quantitative estimate of drug-likeness (QED) is 0.343. The van der Waals surface area contributed by atoms with Crippen LogP contribution in [0.1, 0.15) is 25.0 Å². The molecule has 0 bridgehead atoms. The smallest absolute Gasteiger partial charge is 0.333 e. The van der Waals surface area contributed by atoms with Crippen molar-refractivity contribution in [2.24, 2.45) is 0 Å². The molecule has 134 valence electrons. The van der Waals surface area contributed by atoms with Crippen LogP contribution in [0.2, 0.25) is 0 Å². The van der Waals surface area contributed by atoms with Gasteiger partial charge in [0, 0.05) is 5.57 Å². The SMILES string of the molecule is C=C(C)C(=O)OC(C)COCc1c2ccccc2cc2ccc(C)cc12. The Morgan fingerprint density at radius 3 is 2.58 bits per heavy atom. The van der Waals surface area contributed by atoms with E-state index < -0.39 is 0 Å². The number of fused-ring (bicyclic) bond motifs is 2. The summed E-state index contributed by atoms with van der Waals surface area (Å²) in [5.41, 5.74) is 2.78. The van der Waals surface area contributed by atoms with Crippen LogP contribution in [0.25, 0.3) is 21.5 Å². The zero-order valence-corrected chi connectivity index (χ0v) is 15.5. The highest BCUT2D eigenvalue weighted by Crippen LogP contribution is 2.30. The number of carbonyl (C=O) groups excluding carboxylic acids is 1. The molecule has 0 aliphatic heterocycles. The molecule has 0 radical (unpaired) electrons. The van der Waals surface area contributed by atoms with Crippen LogP contribution < -0.4 is 0 Å². The van der Waals surface area contributed by atoms with E-state index in [1.807, 2.05) is 19.1 Å². The van der Waals surface area contributed by atoms with Gasteiger partial charge in [0.2, 0.25) is 0 Å². The lowest BCUT2D eigenvalue weighted by molar-refractivity contribution is -0.146. The first kappa shape index (κ1) is 18.2. The number of carbonyl (C=O) groups is 1. The highest BCUT2D eigenvalue weighted by molar-refractivity contribution is 6.02. The molecular weight excluding hydrogens is 324 g/mol. The van der Waals surface area contributed by atoms with E-state index in [4.69, 9.17) is 9.47 Å². The molecule has 3 aromatic rings. The lowest BCUT2D eigenvalue weighted by Crippen LogP contribution is -2.20. The second-order valence-electron chi connectivity index (χ2n) is 6.81. The van der Waals surface area contributed by atoms with Gasteiger partial charge in [0.1, 0.15) is 6.10 Å². The Morgan fingerprint density at radius 1 is 1.08 bits per heavy atom. The second-order valence-corrected chi connectivity index (χ2v) is 6.81. The Kier molecular flexibility index (Phi) is 5.38. The van der Waals surface area contributed by atoms with Crippen LogP contribution in [-0.4, -0.2) is 18.7 Å². The van der Waals surface area contributed by atoms with Crippen LogP contribution in [0.5, 0.6) is 0 Å². The summed E-state index contributed by atoms with van der Waals surface area (Å²) in [6.45, 7) is 9.97. The van der Waals surface area contributed by atoms with Crippen molar-refractivity contribution in [3.63, 3.8) is 0 Å². The van der Waals surface area contributed by atoms with Crippen molar-refractivity contribution in [2.75, 3.05) is 6.61 Å². The summed E-state index contributed by atoms with van der Waals surface area (Å²) < 4.78 is 11.2. The predicted molar refractivity (Wildman–Crippen MR) is 106 cm³/mol. The fraction of sp³-hybridized carbons (Fsp3) is 0.261. The lowest BCUT2D eigenvalue weighted by atomic mass is 9.96. The molecule has 3 heteroatoms. The summed E-state index contributed by atoms with van der Waals surface area (Å²) in [5.74, 6) is -0.382. The van der Waals surface area contributed by atoms with Gasteiger partial charge >= 0.3 is 5.97 Å². The van der Waals surface area contributed by atoms with Gasteiger partial charge in [0.05, 0.1) is 13.2 Å². The van der Waals surface area contributed by atoms with E-state index in [0.29, 0.717) is 18.8 Å². The molecule has 0 saturated carbocycles. The Labute approximate surface area is 154 Å². The van der Waals surface area contributed by atoms with Crippen molar-refractivity contribution in [3.05, 3.63) is 71.8 Å². The molecule has 0 amide bonds. The summed E-state index contributed by atoms with van der Waals surface area (Å²) in [4.78, 5) is 11.6. The third kappa shape index (κ3) is 3.94. The van der Waals surface area contributed by atoms with Crippen LogP contribution in [0.4, 0.5) is 0 Å². The number of hydrogen-bond donors (Lipinski definition) is 0. The molecule has 1 atom stereocenters. The molecule has 0 heterocycles. The van der Waals surface area contributed by atoms with Gasteiger partial charge in [-0.2, -0.15) is 0 Å². The van der Waals surface area contributed by atoms with Crippen LogP contribution in [0.15, 0.2) is 60.7 Å². The molecule has 3 aromatic carbocycles. The summed E-state index contributed by atoms with van der Waals surface area (Å²) >= 11 is 0. The minimum atomic E-state index is -0.382. The average Bonchev–Trinajstić information content (AvgIpc) is 2.61. The molecule has 3 rings (SSSR count). The van der Waals surface area contributed by atoms with Gasteiger partial charge in [0.15, 0.2) is 0 Å². The molecule has 0 saturated heterocycles. The minimum Gasteiger partial charge on any atom is -0.457 e.